The van der Waals surface area contributed by atoms with Gasteiger partial charge in [-0.2, -0.15) is 23.5 Å². The minimum absolute atomic E-state index is 0.00712. The molecule has 7 nitrogen and oxygen atoms in total. The molecule has 0 atom stereocenters. The zero-order chi connectivity index (χ0) is 24.9. The Balaban J connectivity index is 1.94. The van der Waals surface area contributed by atoms with Crippen LogP contribution in [0.5, 0.6) is 5.75 Å². The third kappa shape index (κ3) is 5.94. The van der Waals surface area contributed by atoms with Crippen molar-refractivity contribution in [3.63, 3.8) is 0 Å². The molecule has 34 heavy (non-hydrogen) atoms. The number of hydrogen-bond acceptors (Lipinski definition) is 5. The number of halogens is 3. The summed E-state index contributed by atoms with van der Waals surface area (Å²) in [6.45, 7) is 1.22. The van der Waals surface area contributed by atoms with Gasteiger partial charge in [-0.15, -0.1) is 0 Å². The molecule has 0 unspecified atom stereocenters. The van der Waals surface area contributed by atoms with Crippen molar-refractivity contribution in [3.8, 4) is 17.5 Å². The molecular weight excluding hydrogens is 447 g/mol. The Labute approximate surface area is 195 Å². The molecule has 3 rings (SSSR count). The van der Waals surface area contributed by atoms with Crippen LogP contribution >= 0.6 is 0 Å². The molecule has 1 amide bonds. The van der Waals surface area contributed by atoms with Crippen LogP contribution in [0.4, 0.5) is 13.2 Å². The van der Waals surface area contributed by atoms with Gasteiger partial charge in [-0.1, -0.05) is 18.2 Å². The molecule has 2 aromatic carbocycles. The monoisotopic (exact) mass is 471 g/mol. The van der Waals surface area contributed by atoms with Gasteiger partial charge < -0.3 is 14.5 Å². The Bertz CT molecular complexity index is 1180. The molecule has 0 saturated heterocycles. The van der Waals surface area contributed by atoms with Crippen molar-refractivity contribution in [2.75, 3.05) is 34.3 Å². The van der Waals surface area contributed by atoms with Crippen LogP contribution < -0.4 is 4.74 Å². The number of amides is 1. The summed E-state index contributed by atoms with van der Waals surface area (Å²) >= 11 is 0. The number of alkyl halides is 3. The van der Waals surface area contributed by atoms with Crippen LogP contribution in [0.2, 0.25) is 0 Å². The Morgan fingerprint density at radius 3 is 2.44 bits per heavy atom. The number of carbonyl (C=O) groups excluding carboxylic acids is 1. The van der Waals surface area contributed by atoms with Gasteiger partial charge in [-0.25, -0.2) is 4.68 Å². The molecule has 0 aliphatic rings. The van der Waals surface area contributed by atoms with Crippen LogP contribution in [0.15, 0.2) is 54.7 Å². The lowest BCUT2D eigenvalue weighted by Crippen LogP contribution is -2.36. The number of carbonyl (C=O) groups is 1. The molecule has 0 N–H and O–H groups in total. The minimum atomic E-state index is -4.50. The number of ether oxygens (including phenoxy) is 1. The second-order valence-corrected chi connectivity index (χ2v) is 7.88. The molecule has 0 fully saturated rings. The van der Waals surface area contributed by atoms with Crippen LogP contribution in [0.3, 0.4) is 0 Å². The van der Waals surface area contributed by atoms with Gasteiger partial charge >= 0.3 is 6.18 Å². The summed E-state index contributed by atoms with van der Waals surface area (Å²) in [7, 11) is 5.13. The number of hydrogen-bond donors (Lipinski definition) is 0. The molecule has 3 aromatic rings. The fourth-order valence-corrected chi connectivity index (χ4v) is 3.24. The normalized spacial score (nSPS) is 11.4. The van der Waals surface area contributed by atoms with Gasteiger partial charge in [-0.05, 0) is 50.0 Å². The highest BCUT2D eigenvalue weighted by atomic mass is 19.4. The predicted octanol–water partition coefficient (Wildman–Crippen LogP) is 3.98. The van der Waals surface area contributed by atoms with E-state index in [1.165, 1.54) is 30.1 Å². The maximum atomic E-state index is 13.5. The van der Waals surface area contributed by atoms with Crippen LogP contribution in [0.25, 0.3) is 5.69 Å². The number of benzene rings is 2. The third-order valence-electron chi connectivity index (χ3n) is 5.10. The zero-order valence-electron chi connectivity index (χ0n) is 19.0. The first-order valence-corrected chi connectivity index (χ1v) is 10.4. The number of methoxy groups -OCH3 is 1. The van der Waals surface area contributed by atoms with Crippen LogP contribution in [-0.4, -0.2) is 59.8 Å². The summed E-state index contributed by atoms with van der Waals surface area (Å²) in [5, 5.41) is 13.3. The molecule has 0 spiro atoms. The summed E-state index contributed by atoms with van der Waals surface area (Å²) < 4.78 is 45.9. The standard InChI is InChI=1S/C24H24F3N5O2/c1-30(2)11-12-31(15-18-9-7-17(14-28)8-10-18)23(33)22-21(34-3)16-32(29-22)20-6-4-5-19(13-20)24(25,26)27/h4-10,13,16H,11-12,15H2,1-3H3. The van der Waals surface area contributed by atoms with Gasteiger partial charge in [0, 0.05) is 19.6 Å². The molecule has 178 valence electrons. The fourth-order valence-electron chi connectivity index (χ4n) is 3.24. The minimum Gasteiger partial charge on any atom is -0.493 e. The Hall–Kier alpha value is -3.84. The topological polar surface area (TPSA) is 74.4 Å². The highest BCUT2D eigenvalue weighted by molar-refractivity contribution is 5.95. The lowest BCUT2D eigenvalue weighted by molar-refractivity contribution is -0.137. The van der Waals surface area contributed by atoms with Gasteiger partial charge in [0.05, 0.1) is 36.2 Å². The molecule has 0 radical (unpaired) electrons. The van der Waals surface area contributed by atoms with Crippen molar-refractivity contribution in [1.82, 2.24) is 19.6 Å². The van der Waals surface area contributed by atoms with Crippen molar-refractivity contribution >= 4 is 5.91 Å². The summed E-state index contributed by atoms with van der Waals surface area (Å²) in [5.41, 5.74) is 0.658. The maximum absolute atomic E-state index is 13.5. The summed E-state index contributed by atoms with van der Waals surface area (Å²) in [6, 6.07) is 13.6. The Kier molecular flexibility index (Phi) is 7.58. The van der Waals surface area contributed by atoms with E-state index < -0.39 is 17.6 Å². The van der Waals surface area contributed by atoms with E-state index in [1.54, 1.807) is 29.2 Å². The predicted molar refractivity (Wildman–Crippen MR) is 120 cm³/mol. The molecule has 0 aliphatic carbocycles. The smallest absolute Gasteiger partial charge is 0.416 e. The van der Waals surface area contributed by atoms with Gasteiger partial charge in [0.25, 0.3) is 5.91 Å². The lowest BCUT2D eigenvalue weighted by atomic mass is 10.1. The quantitative estimate of drug-likeness (QED) is 0.497. The van der Waals surface area contributed by atoms with E-state index in [-0.39, 0.29) is 23.7 Å². The van der Waals surface area contributed by atoms with E-state index in [0.717, 1.165) is 17.7 Å². The van der Waals surface area contributed by atoms with Crippen LogP contribution in [-0.2, 0) is 12.7 Å². The SMILES string of the molecule is COc1cn(-c2cccc(C(F)(F)F)c2)nc1C(=O)N(CCN(C)C)Cc1ccc(C#N)cc1. The van der Waals surface area contributed by atoms with Gasteiger partial charge in [-0.3, -0.25) is 4.79 Å². The molecular formula is C24H24F3N5O2. The second-order valence-electron chi connectivity index (χ2n) is 7.88. The summed E-state index contributed by atoms with van der Waals surface area (Å²) in [6.07, 6.45) is -3.12. The Morgan fingerprint density at radius 2 is 1.85 bits per heavy atom. The molecule has 0 aliphatic heterocycles. The number of nitrogens with zero attached hydrogens (tertiary/aromatic N) is 5. The second kappa shape index (κ2) is 10.4. The van der Waals surface area contributed by atoms with Crippen LogP contribution in [0.1, 0.15) is 27.2 Å². The van der Waals surface area contributed by atoms with Crippen molar-refractivity contribution < 1.29 is 22.7 Å². The van der Waals surface area contributed by atoms with E-state index in [4.69, 9.17) is 10.00 Å². The van der Waals surface area contributed by atoms with E-state index >= 15 is 0 Å². The first-order chi connectivity index (χ1) is 16.1. The number of aromatic nitrogens is 2. The fraction of sp³-hybridized carbons (Fsp3) is 0.292. The lowest BCUT2D eigenvalue weighted by Gasteiger charge is -2.24. The molecule has 0 saturated carbocycles. The average Bonchev–Trinajstić information content (AvgIpc) is 3.25. The molecule has 0 bridgehead atoms. The van der Waals surface area contributed by atoms with Gasteiger partial charge in [0.2, 0.25) is 0 Å². The van der Waals surface area contributed by atoms with Crippen molar-refractivity contribution in [2.45, 2.75) is 12.7 Å². The average molecular weight is 471 g/mol. The summed E-state index contributed by atoms with van der Waals surface area (Å²) in [5.74, 6) is -0.272. The van der Waals surface area contributed by atoms with E-state index in [1.807, 2.05) is 19.0 Å². The number of nitriles is 1. The summed E-state index contributed by atoms with van der Waals surface area (Å²) in [4.78, 5) is 17.0. The first kappa shape index (κ1) is 24.8. The third-order valence-corrected chi connectivity index (χ3v) is 5.10. The Morgan fingerprint density at radius 1 is 1.15 bits per heavy atom. The molecule has 1 aromatic heterocycles. The van der Waals surface area contributed by atoms with Crippen molar-refractivity contribution in [3.05, 3.63) is 77.1 Å². The zero-order valence-corrected chi connectivity index (χ0v) is 19.0. The van der Waals surface area contributed by atoms with Gasteiger partial charge in [0.1, 0.15) is 0 Å². The van der Waals surface area contributed by atoms with E-state index in [2.05, 4.69) is 11.2 Å². The van der Waals surface area contributed by atoms with Crippen molar-refractivity contribution in [1.29, 1.82) is 5.26 Å². The van der Waals surface area contributed by atoms with Crippen LogP contribution in [0, 0.1) is 11.3 Å². The van der Waals surface area contributed by atoms with Gasteiger partial charge in [0.15, 0.2) is 11.4 Å². The number of rotatable bonds is 8. The number of likely N-dealkylation sites (N-methyl/N-ethyl adjacent to an activating group) is 1. The highest BCUT2D eigenvalue weighted by Gasteiger charge is 2.31. The molecule has 10 heteroatoms. The maximum Gasteiger partial charge on any atom is 0.416 e. The highest BCUT2D eigenvalue weighted by Crippen LogP contribution is 2.31. The molecule has 1 heterocycles. The van der Waals surface area contributed by atoms with Crippen molar-refractivity contribution in [2.24, 2.45) is 0 Å². The van der Waals surface area contributed by atoms with E-state index in [9.17, 15) is 18.0 Å². The van der Waals surface area contributed by atoms with E-state index in [0.29, 0.717) is 18.7 Å². The largest absolute Gasteiger partial charge is 0.493 e. The first-order valence-electron chi connectivity index (χ1n) is 10.4.